The van der Waals surface area contributed by atoms with Gasteiger partial charge < -0.3 is 9.64 Å². The van der Waals surface area contributed by atoms with E-state index in [1.807, 2.05) is 6.92 Å². The Morgan fingerprint density at radius 2 is 2.06 bits per heavy atom. The average Bonchev–Trinajstić information content (AvgIpc) is 2.53. The second-order valence-corrected chi connectivity index (χ2v) is 5.08. The van der Waals surface area contributed by atoms with Crippen LogP contribution in [0.4, 0.5) is 14.5 Å². The van der Waals surface area contributed by atoms with Crippen LogP contribution in [0.15, 0.2) is 12.1 Å². The lowest BCUT2D eigenvalue weighted by molar-refractivity contribution is 0.0820. The molecule has 0 saturated carbocycles. The molecule has 1 aromatic carbocycles. The number of alkyl halides is 1. The van der Waals surface area contributed by atoms with Crippen LogP contribution in [0.1, 0.15) is 18.9 Å². The summed E-state index contributed by atoms with van der Waals surface area (Å²) in [5.41, 5.74) is 0.671. The van der Waals surface area contributed by atoms with Gasteiger partial charge in [0.25, 0.3) is 0 Å². The van der Waals surface area contributed by atoms with Gasteiger partial charge in [-0.2, -0.15) is 0 Å². The van der Waals surface area contributed by atoms with E-state index in [2.05, 4.69) is 15.9 Å². The van der Waals surface area contributed by atoms with E-state index < -0.39 is 11.6 Å². The Balaban J connectivity index is 2.31. The van der Waals surface area contributed by atoms with Gasteiger partial charge in [-0.25, -0.2) is 8.78 Å². The number of hydrogen-bond donors (Lipinski definition) is 0. The van der Waals surface area contributed by atoms with Gasteiger partial charge in [0.2, 0.25) is 0 Å². The number of halogens is 3. The number of hydrogen-bond acceptors (Lipinski definition) is 2. The molecule has 0 spiro atoms. The standard InChI is InChI=1S/C13H16BrF2NO/c1-9-8-17(3-2-4-18-9)13-11(15)5-10(7-14)6-12(13)16/h5-6,9H,2-4,7-8H2,1H3. The zero-order valence-corrected chi connectivity index (χ0v) is 11.8. The molecule has 1 atom stereocenters. The molecule has 1 fully saturated rings. The minimum Gasteiger partial charge on any atom is -0.377 e. The van der Waals surface area contributed by atoms with Gasteiger partial charge in [0.1, 0.15) is 17.3 Å². The molecule has 100 valence electrons. The molecule has 1 heterocycles. The van der Waals surface area contributed by atoms with Crippen LogP contribution in [-0.4, -0.2) is 25.8 Å². The highest BCUT2D eigenvalue weighted by atomic mass is 79.9. The van der Waals surface area contributed by atoms with Crippen molar-refractivity contribution in [2.75, 3.05) is 24.6 Å². The van der Waals surface area contributed by atoms with Crippen molar-refractivity contribution in [2.45, 2.75) is 24.8 Å². The van der Waals surface area contributed by atoms with E-state index in [4.69, 9.17) is 4.74 Å². The average molecular weight is 320 g/mol. The normalized spacial score (nSPS) is 20.9. The molecule has 2 rings (SSSR count). The zero-order valence-electron chi connectivity index (χ0n) is 10.3. The lowest BCUT2D eigenvalue weighted by atomic mass is 10.1. The van der Waals surface area contributed by atoms with Crippen LogP contribution in [0.3, 0.4) is 0 Å². The van der Waals surface area contributed by atoms with Crippen LogP contribution >= 0.6 is 15.9 Å². The molecule has 0 N–H and O–H groups in total. The highest BCUT2D eigenvalue weighted by Gasteiger charge is 2.21. The first kappa shape index (κ1) is 13.7. The van der Waals surface area contributed by atoms with Crippen molar-refractivity contribution in [2.24, 2.45) is 0 Å². The van der Waals surface area contributed by atoms with Gasteiger partial charge in [-0.05, 0) is 31.0 Å². The van der Waals surface area contributed by atoms with Gasteiger partial charge in [0, 0.05) is 25.0 Å². The van der Waals surface area contributed by atoms with Crippen LogP contribution in [-0.2, 0) is 10.1 Å². The van der Waals surface area contributed by atoms with Crippen molar-refractivity contribution >= 4 is 21.6 Å². The third-order valence-electron chi connectivity index (χ3n) is 3.00. The molecule has 0 radical (unpaired) electrons. The number of rotatable bonds is 2. The molecule has 2 nitrogen and oxygen atoms in total. The SMILES string of the molecule is CC1CN(c2c(F)cc(CBr)cc2F)CCCO1. The summed E-state index contributed by atoms with van der Waals surface area (Å²) < 4.78 is 33.5. The smallest absolute Gasteiger partial charge is 0.149 e. The molecular formula is C13H16BrF2NO. The molecule has 1 aliphatic rings. The molecule has 0 amide bonds. The summed E-state index contributed by atoms with van der Waals surface area (Å²) in [6, 6.07) is 2.76. The van der Waals surface area contributed by atoms with E-state index in [-0.39, 0.29) is 11.8 Å². The first-order valence-corrected chi connectivity index (χ1v) is 7.14. The number of nitrogens with zero attached hydrogens (tertiary/aromatic N) is 1. The maximum atomic E-state index is 14.0. The van der Waals surface area contributed by atoms with Crippen LogP contribution in [0.5, 0.6) is 0 Å². The maximum absolute atomic E-state index is 14.0. The first-order valence-electron chi connectivity index (χ1n) is 6.02. The molecular weight excluding hydrogens is 304 g/mol. The topological polar surface area (TPSA) is 12.5 Å². The Morgan fingerprint density at radius 1 is 1.39 bits per heavy atom. The van der Waals surface area contributed by atoms with E-state index in [0.29, 0.717) is 30.6 Å². The van der Waals surface area contributed by atoms with Gasteiger partial charge in [-0.3, -0.25) is 0 Å². The highest BCUT2D eigenvalue weighted by molar-refractivity contribution is 9.08. The van der Waals surface area contributed by atoms with Crippen LogP contribution in [0.25, 0.3) is 0 Å². The fraction of sp³-hybridized carbons (Fsp3) is 0.538. The van der Waals surface area contributed by atoms with Crippen molar-refractivity contribution in [3.8, 4) is 0 Å². The second-order valence-electron chi connectivity index (χ2n) is 4.52. The molecule has 0 aliphatic carbocycles. The first-order chi connectivity index (χ1) is 8.61. The Morgan fingerprint density at radius 3 is 2.67 bits per heavy atom. The Kier molecular flexibility index (Phi) is 4.56. The van der Waals surface area contributed by atoms with E-state index in [0.717, 1.165) is 6.42 Å². The summed E-state index contributed by atoms with van der Waals surface area (Å²) >= 11 is 3.20. The van der Waals surface area contributed by atoms with Gasteiger partial charge >= 0.3 is 0 Å². The Hall–Kier alpha value is -0.680. The summed E-state index contributed by atoms with van der Waals surface area (Å²) in [5, 5.41) is 0.445. The third-order valence-corrected chi connectivity index (χ3v) is 3.65. The molecule has 1 saturated heterocycles. The Bertz CT molecular complexity index is 404. The minimum absolute atomic E-state index is 0.0119. The minimum atomic E-state index is -0.501. The predicted octanol–water partition coefficient (Wildman–Crippen LogP) is 3.47. The Labute approximate surface area is 114 Å². The van der Waals surface area contributed by atoms with Crippen molar-refractivity contribution in [3.63, 3.8) is 0 Å². The largest absolute Gasteiger partial charge is 0.377 e. The molecule has 18 heavy (non-hydrogen) atoms. The lowest BCUT2D eigenvalue weighted by Gasteiger charge is -2.25. The van der Waals surface area contributed by atoms with Crippen LogP contribution < -0.4 is 4.90 Å². The third kappa shape index (κ3) is 3.01. The fourth-order valence-electron chi connectivity index (χ4n) is 2.19. The quantitative estimate of drug-likeness (QED) is 0.774. The summed E-state index contributed by atoms with van der Waals surface area (Å²) in [7, 11) is 0. The van der Waals surface area contributed by atoms with Crippen LogP contribution in [0.2, 0.25) is 0 Å². The highest BCUT2D eigenvalue weighted by Crippen LogP contribution is 2.27. The molecule has 1 unspecified atom stereocenters. The molecule has 5 heteroatoms. The summed E-state index contributed by atoms with van der Waals surface area (Å²) in [6.07, 6.45) is 0.769. The predicted molar refractivity (Wildman–Crippen MR) is 71.2 cm³/mol. The number of ether oxygens (including phenoxy) is 1. The summed E-state index contributed by atoms with van der Waals surface area (Å²) in [4.78, 5) is 1.74. The molecule has 1 aromatic rings. The van der Waals surface area contributed by atoms with E-state index >= 15 is 0 Å². The van der Waals surface area contributed by atoms with Gasteiger partial charge in [0.05, 0.1) is 6.10 Å². The summed E-state index contributed by atoms with van der Waals surface area (Å²) in [6.45, 7) is 3.69. The van der Waals surface area contributed by atoms with E-state index in [1.165, 1.54) is 12.1 Å². The summed E-state index contributed by atoms with van der Waals surface area (Å²) in [5.74, 6) is -1.00. The van der Waals surface area contributed by atoms with Gasteiger partial charge in [-0.15, -0.1) is 0 Å². The maximum Gasteiger partial charge on any atom is 0.149 e. The van der Waals surface area contributed by atoms with Crippen LogP contribution in [0, 0.1) is 11.6 Å². The molecule has 0 bridgehead atoms. The molecule has 0 aromatic heterocycles. The van der Waals surface area contributed by atoms with Crippen molar-refractivity contribution < 1.29 is 13.5 Å². The molecule has 1 aliphatic heterocycles. The van der Waals surface area contributed by atoms with E-state index in [1.54, 1.807) is 4.90 Å². The van der Waals surface area contributed by atoms with Gasteiger partial charge in [-0.1, -0.05) is 15.9 Å². The lowest BCUT2D eigenvalue weighted by Crippen LogP contribution is -2.31. The number of benzene rings is 1. The number of anilines is 1. The van der Waals surface area contributed by atoms with E-state index in [9.17, 15) is 8.78 Å². The second kappa shape index (κ2) is 5.97. The fourth-order valence-corrected chi connectivity index (χ4v) is 2.52. The van der Waals surface area contributed by atoms with Crippen molar-refractivity contribution in [1.82, 2.24) is 0 Å². The zero-order chi connectivity index (χ0) is 13.1. The van der Waals surface area contributed by atoms with Gasteiger partial charge in [0.15, 0.2) is 0 Å². The van der Waals surface area contributed by atoms with Crippen molar-refractivity contribution in [1.29, 1.82) is 0 Å². The van der Waals surface area contributed by atoms with Crippen molar-refractivity contribution in [3.05, 3.63) is 29.3 Å². The monoisotopic (exact) mass is 319 g/mol.